The lowest BCUT2D eigenvalue weighted by Crippen LogP contribution is -2.17. The molecule has 2 unspecified atom stereocenters. The summed E-state index contributed by atoms with van der Waals surface area (Å²) in [5, 5.41) is 0. The first-order valence-corrected chi connectivity index (χ1v) is 7.04. The molecule has 1 aliphatic carbocycles. The standard InChI is InChI=1S/C14H19BrO2/c1-16-10-7-8-12(14(9-10)17-2)11-5-3-4-6-13(11)15/h7-9,11,13H,3-6H2,1-2H3. The van der Waals surface area contributed by atoms with Gasteiger partial charge < -0.3 is 9.47 Å². The van der Waals surface area contributed by atoms with E-state index in [2.05, 4.69) is 22.0 Å². The first-order chi connectivity index (χ1) is 8.26. The second kappa shape index (κ2) is 5.76. The van der Waals surface area contributed by atoms with Crippen molar-refractivity contribution in [2.24, 2.45) is 0 Å². The Labute approximate surface area is 111 Å². The van der Waals surface area contributed by atoms with E-state index in [0.29, 0.717) is 10.7 Å². The van der Waals surface area contributed by atoms with E-state index in [-0.39, 0.29) is 0 Å². The molecule has 2 atom stereocenters. The lowest BCUT2D eigenvalue weighted by Gasteiger charge is -2.29. The van der Waals surface area contributed by atoms with Gasteiger partial charge in [-0.15, -0.1) is 0 Å². The molecule has 0 bridgehead atoms. The van der Waals surface area contributed by atoms with E-state index >= 15 is 0 Å². The average Bonchev–Trinajstić information content (AvgIpc) is 2.38. The Bertz CT molecular complexity index is 378. The molecule has 0 aliphatic heterocycles. The normalized spacial score (nSPS) is 24.4. The van der Waals surface area contributed by atoms with E-state index in [9.17, 15) is 0 Å². The molecule has 0 heterocycles. The highest BCUT2D eigenvalue weighted by Crippen LogP contribution is 2.42. The molecule has 0 N–H and O–H groups in total. The summed E-state index contributed by atoms with van der Waals surface area (Å²) in [4.78, 5) is 0.568. The SMILES string of the molecule is COc1ccc(C2CCCCC2Br)c(OC)c1. The first-order valence-electron chi connectivity index (χ1n) is 6.12. The number of ether oxygens (including phenoxy) is 2. The molecule has 2 nitrogen and oxygen atoms in total. The highest BCUT2D eigenvalue weighted by molar-refractivity contribution is 9.09. The molecular weight excluding hydrogens is 280 g/mol. The van der Waals surface area contributed by atoms with Crippen LogP contribution in [0.4, 0.5) is 0 Å². The van der Waals surface area contributed by atoms with Gasteiger partial charge in [0.25, 0.3) is 0 Å². The zero-order valence-corrected chi connectivity index (χ0v) is 12.0. The summed E-state index contributed by atoms with van der Waals surface area (Å²) in [7, 11) is 3.41. The van der Waals surface area contributed by atoms with Gasteiger partial charge in [0.15, 0.2) is 0 Å². The predicted molar refractivity (Wildman–Crippen MR) is 73.5 cm³/mol. The first kappa shape index (κ1) is 12.7. The Morgan fingerprint density at radius 3 is 2.53 bits per heavy atom. The molecule has 1 saturated carbocycles. The van der Waals surface area contributed by atoms with Crippen LogP contribution in [-0.2, 0) is 0 Å². The van der Waals surface area contributed by atoms with Crippen LogP contribution in [0, 0.1) is 0 Å². The Hall–Kier alpha value is -0.700. The molecule has 1 aromatic rings. The predicted octanol–water partition coefficient (Wildman–Crippen LogP) is 4.12. The van der Waals surface area contributed by atoms with Crippen LogP contribution < -0.4 is 9.47 Å². The van der Waals surface area contributed by atoms with Crippen molar-refractivity contribution in [3.05, 3.63) is 23.8 Å². The van der Waals surface area contributed by atoms with E-state index in [1.807, 2.05) is 12.1 Å². The van der Waals surface area contributed by atoms with Crippen LogP contribution in [0.5, 0.6) is 11.5 Å². The van der Waals surface area contributed by atoms with Gasteiger partial charge in [0.1, 0.15) is 11.5 Å². The van der Waals surface area contributed by atoms with Crippen LogP contribution >= 0.6 is 15.9 Å². The van der Waals surface area contributed by atoms with Crippen LogP contribution in [0.3, 0.4) is 0 Å². The van der Waals surface area contributed by atoms with Gasteiger partial charge in [-0.1, -0.05) is 34.8 Å². The molecule has 0 amide bonds. The quantitative estimate of drug-likeness (QED) is 0.781. The molecule has 1 aromatic carbocycles. The molecule has 2 rings (SSSR count). The van der Waals surface area contributed by atoms with Crippen molar-refractivity contribution in [3.8, 4) is 11.5 Å². The Balaban J connectivity index is 2.30. The van der Waals surface area contributed by atoms with Gasteiger partial charge in [-0.2, -0.15) is 0 Å². The molecular formula is C14H19BrO2. The minimum absolute atomic E-state index is 0.560. The van der Waals surface area contributed by atoms with Gasteiger partial charge in [-0.3, -0.25) is 0 Å². The van der Waals surface area contributed by atoms with Crippen molar-refractivity contribution in [3.63, 3.8) is 0 Å². The molecule has 0 spiro atoms. The van der Waals surface area contributed by atoms with Crippen LogP contribution in [0.15, 0.2) is 18.2 Å². The number of hydrogen-bond acceptors (Lipinski definition) is 2. The van der Waals surface area contributed by atoms with Crippen molar-refractivity contribution in [2.75, 3.05) is 14.2 Å². The molecule has 0 saturated heterocycles. The zero-order chi connectivity index (χ0) is 12.3. The molecule has 17 heavy (non-hydrogen) atoms. The van der Waals surface area contributed by atoms with Gasteiger partial charge in [0, 0.05) is 16.8 Å². The maximum Gasteiger partial charge on any atom is 0.126 e. The van der Waals surface area contributed by atoms with E-state index in [4.69, 9.17) is 9.47 Å². The van der Waals surface area contributed by atoms with Crippen molar-refractivity contribution in [1.82, 2.24) is 0 Å². The third kappa shape index (κ3) is 2.76. The summed E-state index contributed by atoms with van der Waals surface area (Å²) >= 11 is 3.80. The maximum atomic E-state index is 5.49. The van der Waals surface area contributed by atoms with Gasteiger partial charge in [-0.25, -0.2) is 0 Å². The van der Waals surface area contributed by atoms with E-state index < -0.39 is 0 Å². The van der Waals surface area contributed by atoms with Gasteiger partial charge in [0.05, 0.1) is 14.2 Å². The third-order valence-corrected chi connectivity index (χ3v) is 4.62. The van der Waals surface area contributed by atoms with Crippen LogP contribution in [0.1, 0.15) is 37.2 Å². The van der Waals surface area contributed by atoms with Crippen molar-refractivity contribution in [2.45, 2.75) is 36.4 Å². The summed E-state index contributed by atoms with van der Waals surface area (Å²) in [6.45, 7) is 0. The minimum Gasteiger partial charge on any atom is -0.497 e. The smallest absolute Gasteiger partial charge is 0.126 e. The van der Waals surface area contributed by atoms with Crippen molar-refractivity contribution >= 4 is 15.9 Å². The summed E-state index contributed by atoms with van der Waals surface area (Å²) in [6.07, 6.45) is 5.12. The number of benzene rings is 1. The van der Waals surface area contributed by atoms with Gasteiger partial charge >= 0.3 is 0 Å². The summed E-state index contributed by atoms with van der Waals surface area (Å²) in [5.74, 6) is 2.36. The summed E-state index contributed by atoms with van der Waals surface area (Å²) < 4.78 is 10.7. The molecule has 0 aromatic heterocycles. The van der Waals surface area contributed by atoms with Crippen molar-refractivity contribution in [1.29, 1.82) is 0 Å². The van der Waals surface area contributed by atoms with Crippen LogP contribution in [-0.4, -0.2) is 19.0 Å². The number of hydrogen-bond donors (Lipinski definition) is 0. The van der Waals surface area contributed by atoms with Crippen LogP contribution in [0.2, 0.25) is 0 Å². The fraction of sp³-hybridized carbons (Fsp3) is 0.571. The molecule has 94 valence electrons. The molecule has 1 aliphatic rings. The van der Waals surface area contributed by atoms with Crippen molar-refractivity contribution < 1.29 is 9.47 Å². The number of alkyl halides is 1. The second-order valence-electron chi connectivity index (χ2n) is 4.51. The Morgan fingerprint density at radius 1 is 1.12 bits per heavy atom. The molecule has 0 radical (unpaired) electrons. The van der Waals surface area contributed by atoms with E-state index in [0.717, 1.165) is 11.5 Å². The maximum absolute atomic E-state index is 5.49. The van der Waals surface area contributed by atoms with Crippen LogP contribution in [0.25, 0.3) is 0 Å². The minimum atomic E-state index is 0.560. The topological polar surface area (TPSA) is 18.5 Å². The number of rotatable bonds is 3. The summed E-state index contributed by atoms with van der Waals surface area (Å²) in [5.41, 5.74) is 1.30. The fourth-order valence-electron chi connectivity index (χ4n) is 2.56. The molecule has 3 heteroatoms. The highest BCUT2D eigenvalue weighted by atomic mass is 79.9. The number of methoxy groups -OCH3 is 2. The molecule has 1 fully saturated rings. The Kier molecular flexibility index (Phi) is 4.32. The highest BCUT2D eigenvalue weighted by Gasteiger charge is 2.26. The van der Waals surface area contributed by atoms with Gasteiger partial charge in [0.2, 0.25) is 0 Å². The monoisotopic (exact) mass is 298 g/mol. The third-order valence-electron chi connectivity index (χ3n) is 3.52. The fourth-order valence-corrected chi connectivity index (χ4v) is 3.43. The van der Waals surface area contributed by atoms with E-state index in [1.165, 1.54) is 31.2 Å². The largest absolute Gasteiger partial charge is 0.497 e. The van der Waals surface area contributed by atoms with E-state index in [1.54, 1.807) is 14.2 Å². The Morgan fingerprint density at radius 2 is 1.88 bits per heavy atom. The summed E-state index contributed by atoms with van der Waals surface area (Å²) in [6, 6.07) is 6.14. The zero-order valence-electron chi connectivity index (χ0n) is 10.4. The second-order valence-corrected chi connectivity index (χ2v) is 5.69. The average molecular weight is 299 g/mol. The van der Waals surface area contributed by atoms with Gasteiger partial charge in [-0.05, 0) is 24.5 Å². The number of halogens is 1. The lowest BCUT2D eigenvalue weighted by atomic mass is 9.83. The lowest BCUT2D eigenvalue weighted by molar-refractivity contribution is 0.379.